The van der Waals surface area contributed by atoms with Crippen molar-refractivity contribution in [1.82, 2.24) is 4.90 Å². The molecule has 1 heterocycles. The first-order chi connectivity index (χ1) is 9.97. The fourth-order valence-electron chi connectivity index (χ4n) is 2.55. The summed E-state index contributed by atoms with van der Waals surface area (Å²) in [5.41, 5.74) is -0.202. The molecule has 1 aliphatic heterocycles. The van der Waals surface area contributed by atoms with Crippen LogP contribution in [0.25, 0.3) is 0 Å². The van der Waals surface area contributed by atoms with E-state index in [1.54, 1.807) is 6.07 Å². The van der Waals surface area contributed by atoms with Gasteiger partial charge in [-0.05, 0) is 13.0 Å². The summed E-state index contributed by atoms with van der Waals surface area (Å²) >= 11 is 11.9. The van der Waals surface area contributed by atoms with Gasteiger partial charge in [0, 0.05) is 31.7 Å². The second-order valence-corrected chi connectivity index (χ2v) is 5.83. The molecular weight excluding hydrogens is 318 g/mol. The first-order valence-corrected chi connectivity index (χ1v) is 7.42. The fraction of sp³-hybridized carbons (Fsp3) is 0.500. The first-order valence-electron chi connectivity index (χ1n) is 6.61. The molecule has 1 aromatic carbocycles. The fourth-order valence-corrected chi connectivity index (χ4v) is 3.07. The molecule has 0 saturated carbocycles. The number of anilines is 1. The lowest BCUT2D eigenvalue weighted by Crippen LogP contribution is -2.54. The highest BCUT2D eigenvalue weighted by Crippen LogP contribution is 2.33. The summed E-state index contributed by atoms with van der Waals surface area (Å²) in [6.45, 7) is 3.68. The smallest absolute Gasteiger partial charge is 0.152 e. The molecule has 0 aromatic heterocycles. The van der Waals surface area contributed by atoms with E-state index in [4.69, 9.17) is 27.9 Å². The van der Waals surface area contributed by atoms with E-state index in [1.165, 1.54) is 13.2 Å². The zero-order valence-electron chi connectivity index (χ0n) is 11.9. The van der Waals surface area contributed by atoms with Crippen LogP contribution in [-0.2, 0) is 4.79 Å². The quantitative estimate of drug-likeness (QED) is 0.481. The van der Waals surface area contributed by atoms with Crippen LogP contribution in [0.15, 0.2) is 12.1 Å². The van der Waals surface area contributed by atoms with Gasteiger partial charge in [0.25, 0.3) is 0 Å². The van der Waals surface area contributed by atoms with Crippen LogP contribution in [-0.4, -0.2) is 49.5 Å². The van der Waals surface area contributed by atoms with Gasteiger partial charge in [-0.25, -0.2) is 4.39 Å². The Labute approximate surface area is 133 Å². The molecule has 0 bridgehead atoms. The number of hydrogen-bond acceptors (Lipinski definition) is 4. The Balaban J connectivity index is 2.20. The molecule has 2 atom stereocenters. The number of carbonyl (C=O) groups excluding carboxylic acids is 1. The van der Waals surface area contributed by atoms with Crippen molar-refractivity contribution in [2.24, 2.45) is 0 Å². The van der Waals surface area contributed by atoms with Gasteiger partial charge in [-0.15, -0.1) is 0 Å². The lowest BCUT2D eigenvalue weighted by atomic mass is 10.1. The third-order valence-electron chi connectivity index (χ3n) is 3.67. The van der Waals surface area contributed by atoms with Gasteiger partial charge in [-0.2, -0.15) is 0 Å². The summed E-state index contributed by atoms with van der Waals surface area (Å²) in [6, 6.07) is 2.88. The lowest BCUT2D eigenvalue weighted by Gasteiger charge is -2.41. The number of aldehydes is 1. The number of ether oxygens (including phenoxy) is 1. The molecule has 116 valence electrons. The van der Waals surface area contributed by atoms with E-state index in [0.717, 1.165) is 0 Å². The molecule has 1 saturated heterocycles. The van der Waals surface area contributed by atoms with E-state index >= 15 is 0 Å². The highest BCUT2D eigenvalue weighted by molar-refractivity contribution is 6.32. The average Bonchev–Trinajstić information content (AvgIpc) is 2.46. The summed E-state index contributed by atoms with van der Waals surface area (Å²) in [4.78, 5) is 14.6. The molecule has 2 rings (SSSR count). The molecule has 4 nitrogen and oxygen atoms in total. The highest BCUT2D eigenvalue weighted by atomic mass is 35.5. The number of methoxy groups -OCH3 is 1. The number of rotatable bonds is 4. The molecule has 1 fully saturated rings. The van der Waals surface area contributed by atoms with Crippen LogP contribution in [0, 0.1) is 5.82 Å². The zero-order chi connectivity index (χ0) is 15.6. The number of nitrogens with zero attached hydrogens (tertiary/aromatic N) is 2. The maximum absolute atomic E-state index is 14.1. The van der Waals surface area contributed by atoms with Crippen LogP contribution in [0.5, 0.6) is 5.75 Å². The Morgan fingerprint density at radius 1 is 1.48 bits per heavy atom. The van der Waals surface area contributed by atoms with Crippen LogP contribution in [0.3, 0.4) is 0 Å². The van der Waals surface area contributed by atoms with Gasteiger partial charge >= 0.3 is 0 Å². The largest absolute Gasteiger partial charge is 0.495 e. The highest BCUT2D eigenvalue weighted by Gasteiger charge is 2.29. The number of benzene rings is 1. The van der Waals surface area contributed by atoms with Crippen LogP contribution in [0.1, 0.15) is 6.92 Å². The molecule has 0 N–H and O–H groups in total. The summed E-state index contributed by atoms with van der Waals surface area (Å²) in [7, 11) is 1.49. The summed E-state index contributed by atoms with van der Waals surface area (Å²) in [5, 5.41) is 0.243. The summed E-state index contributed by atoms with van der Waals surface area (Å²) in [6.07, 6.45) is 0.708. The topological polar surface area (TPSA) is 32.8 Å². The zero-order valence-corrected chi connectivity index (χ0v) is 13.4. The SMILES string of the molecule is COc1cc(N2CCN(C(Cl)C=O)C(C)C2)c(F)cc1Cl. The van der Waals surface area contributed by atoms with Crippen LogP contribution < -0.4 is 9.64 Å². The third kappa shape index (κ3) is 3.42. The Bertz CT molecular complexity index is 530. The van der Waals surface area contributed by atoms with Gasteiger partial charge in [-0.3, -0.25) is 4.90 Å². The predicted octanol–water partition coefficient (Wildman–Crippen LogP) is 2.76. The molecule has 21 heavy (non-hydrogen) atoms. The van der Waals surface area contributed by atoms with E-state index in [0.29, 0.717) is 37.4 Å². The molecule has 0 spiro atoms. The summed E-state index contributed by atoms with van der Waals surface area (Å²) in [5.74, 6) is 0.0468. The Kier molecular flexibility index (Phi) is 5.30. The molecule has 2 unspecified atom stereocenters. The van der Waals surface area contributed by atoms with Crippen molar-refractivity contribution < 1.29 is 13.9 Å². The molecule has 0 amide bonds. The van der Waals surface area contributed by atoms with E-state index in [-0.39, 0.29) is 16.9 Å². The molecular formula is C14H17Cl2FN2O2. The standard InChI is InChI=1S/C14H17Cl2FN2O2/c1-9-7-18(3-4-19(9)14(16)8-20)12-6-13(21-2)10(15)5-11(12)17/h5-6,8-9,14H,3-4,7H2,1-2H3. The van der Waals surface area contributed by atoms with Crippen molar-refractivity contribution in [2.45, 2.75) is 18.5 Å². The number of halogens is 3. The van der Waals surface area contributed by atoms with E-state index < -0.39 is 5.50 Å². The third-order valence-corrected chi connectivity index (χ3v) is 4.32. The normalized spacial score (nSPS) is 21.2. The Hall–Kier alpha value is -1.04. The molecule has 0 radical (unpaired) electrons. The number of carbonyl (C=O) groups is 1. The summed E-state index contributed by atoms with van der Waals surface area (Å²) < 4.78 is 19.3. The molecule has 1 aliphatic rings. The predicted molar refractivity (Wildman–Crippen MR) is 82.0 cm³/mol. The average molecular weight is 335 g/mol. The molecule has 0 aliphatic carbocycles. The van der Waals surface area contributed by atoms with Crippen molar-refractivity contribution in [3.05, 3.63) is 23.0 Å². The van der Waals surface area contributed by atoms with Gasteiger partial charge in [0.05, 0.1) is 17.8 Å². The minimum absolute atomic E-state index is 0.0347. The minimum Gasteiger partial charge on any atom is -0.495 e. The minimum atomic E-state index is -0.647. The van der Waals surface area contributed by atoms with Crippen molar-refractivity contribution in [3.63, 3.8) is 0 Å². The van der Waals surface area contributed by atoms with Crippen molar-refractivity contribution >= 4 is 35.2 Å². The number of hydrogen-bond donors (Lipinski definition) is 0. The van der Waals surface area contributed by atoms with E-state index in [2.05, 4.69) is 0 Å². The Morgan fingerprint density at radius 2 is 2.19 bits per heavy atom. The van der Waals surface area contributed by atoms with Crippen LogP contribution in [0.2, 0.25) is 5.02 Å². The lowest BCUT2D eigenvalue weighted by molar-refractivity contribution is -0.110. The Morgan fingerprint density at radius 3 is 2.76 bits per heavy atom. The maximum atomic E-state index is 14.1. The number of piperazine rings is 1. The van der Waals surface area contributed by atoms with Gasteiger partial charge in [0.1, 0.15) is 17.1 Å². The van der Waals surface area contributed by atoms with Crippen LogP contribution >= 0.6 is 23.2 Å². The van der Waals surface area contributed by atoms with Gasteiger partial charge in [0.2, 0.25) is 0 Å². The molecule has 1 aromatic rings. The number of alkyl halides is 1. The molecule has 7 heteroatoms. The van der Waals surface area contributed by atoms with Crippen LogP contribution in [0.4, 0.5) is 10.1 Å². The first kappa shape index (κ1) is 16.3. The van der Waals surface area contributed by atoms with Crippen molar-refractivity contribution in [1.29, 1.82) is 0 Å². The monoisotopic (exact) mass is 334 g/mol. The maximum Gasteiger partial charge on any atom is 0.152 e. The van der Waals surface area contributed by atoms with Gasteiger partial charge < -0.3 is 14.4 Å². The van der Waals surface area contributed by atoms with E-state index in [9.17, 15) is 9.18 Å². The van der Waals surface area contributed by atoms with Gasteiger partial charge in [-0.1, -0.05) is 23.2 Å². The second-order valence-electron chi connectivity index (χ2n) is 4.98. The van der Waals surface area contributed by atoms with Crippen molar-refractivity contribution in [2.75, 3.05) is 31.6 Å². The van der Waals surface area contributed by atoms with Gasteiger partial charge in [0.15, 0.2) is 6.29 Å². The van der Waals surface area contributed by atoms with E-state index in [1.807, 2.05) is 16.7 Å². The van der Waals surface area contributed by atoms with Crippen molar-refractivity contribution in [3.8, 4) is 5.75 Å². The second kappa shape index (κ2) is 6.81.